The smallest absolute Gasteiger partial charge is 0.259 e. The third-order valence-electron chi connectivity index (χ3n) is 4.75. The molecule has 174 valence electrons. The van der Waals surface area contributed by atoms with Crippen LogP contribution in [0.25, 0.3) is 0 Å². The molecule has 0 fully saturated rings. The van der Waals surface area contributed by atoms with E-state index in [9.17, 15) is 9.59 Å². The molecule has 10 heteroatoms. The van der Waals surface area contributed by atoms with Crippen molar-refractivity contribution in [3.05, 3.63) is 87.4 Å². The van der Waals surface area contributed by atoms with Crippen LogP contribution in [0.3, 0.4) is 0 Å². The second-order valence-corrected chi connectivity index (χ2v) is 7.95. The lowest BCUT2D eigenvalue weighted by Gasteiger charge is -2.10. The number of benzene rings is 3. The van der Waals surface area contributed by atoms with Crippen LogP contribution in [0.5, 0.6) is 17.2 Å². The molecule has 0 aromatic heterocycles. The number of halogens is 2. The number of ether oxygens (including phenoxy) is 3. The van der Waals surface area contributed by atoms with Crippen molar-refractivity contribution in [2.75, 3.05) is 13.3 Å². The molecule has 1 aliphatic heterocycles. The Morgan fingerprint density at radius 2 is 1.85 bits per heavy atom. The third kappa shape index (κ3) is 5.98. The lowest BCUT2D eigenvalue weighted by molar-refractivity contribution is -0.120. The van der Waals surface area contributed by atoms with Gasteiger partial charge in [0.2, 0.25) is 6.79 Å². The van der Waals surface area contributed by atoms with Crippen LogP contribution in [0, 0.1) is 0 Å². The first-order chi connectivity index (χ1) is 16.5. The number of fused-ring (bicyclic) bond motifs is 1. The van der Waals surface area contributed by atoms with Crippen molar-refractivity contribution in [1.82, 2.24) is 10.7 Å². The Balaban J connectivity index is 1.31. The zero-order valence-electron chi connectivity index (χ0n) is 17.7. The summed E-state index contributed by atoms with van der Waals surface area (Å²) in [7, 11) is 0. The Morgan fingerprint density at radius 3 is 2.71 bits per heavy atom. The van der Waals surface area contributed by atoms with Crippen molar-refractivity contribution in [2.45, 2.75) is 6.61 Å². The molecule has 2 amide bonds. The molecule has 0 aliphatic carbocycles. The summed E-state index contributed by atoms with van der Waals surface area (Å²) < 4.78 is 16.3. The molecule has 0 radical (unpaired) electrons. The van der Waals surface area contributed by atoms with E-state index in [1.807, 2.05) is 18.2 Å². The molecular weight excluding hydrogens is 481 g/mol. The number of carbonyl (C=O) groups is 2. The Morgan fingerprint density at radius 1 is 1.03 bits per heavy atom. The summed E-state index contributed by atoms with van der Waals surface area (Å²) >= 11 is 12.3. The lowest BCUT2D eigenvalue weighted by Crippen LogP contribution is -2.34. The molecule has 1 aliphatic rings. The predicted molar refractivity (Wildman–Crippen MR) is 128 cm³/mol. The summed E-state index contributed by atoms with van der Waals surface area (Å²) in [5.74, 6) is 0.627. The Bertz CT molecular complexity index is 1250. The average molecular weight is 500 g/mol. The summed E-state index contributed by atoms with van der Waals surface area (Å²) in [6.07, 6.45) is 1.41. The zero-order valence-corrected chi connectivity index (χ0v) is 19.2. The van der Waals surface area contributed by atoms with E-state index in [2.05, 4.69) is 15.8 Å². The average Bonchev–Trinajstić information content (AvgIpc) is 3.31. The zero-order chi connectivity index (χ0) is 23.9. The predicted octanol–water partition coefficient (Wildman–Crippen LogP) is 4.18. The van der Waals surface area contributed by atoms with Gasteiger partial charge >= 0.3 is 0 Å². The number of rotatable bonds is 8. The van der Waals surface area contributed by atoms with E-state index in [0.29, 0.717) is 38.4 Å². The summed E-state index contributed by atoms with van der Waals surface area (Å²) in [5, 5.41) is 7.54. The summed E-state index contributed by atoms with van der Waals surface area (Å²) in [6.45, 7) is 0.0939. The summed E-state index contributed by atoms with van der Waals surface area (Å²) in [5.41, 5.74) is 4.09. The third-order valence-corrected chi connectivity index (χ3v) is 5.35. The lowest BCUT2D eigenvalue weighted by atomic mass is 10.2. The fourth-order valence-electron chi connectivity index (χ4n) is 3.04. The van der Waals surface area contributed by atoms with Gasteiger partial charge in [-0.2, -0.15) is 5.10 Å². The highest BCUT2D eigenvalue weighted by Crippen LogP contribution is 2.32. The minimum absolute atomic E-state index is 0.111. The van der Waals surface area contributed by atoms with Crippen LogP contribution in [-0.2, 0) is 11.4 Å². The molecule has 0 atom stereocenters. The normalized spacial score (nSPS) is 11.9. The van der Waals surface area contributed by atoms with Crippen molar-refractivity contribution in [3.8, 4) is 17.2 Å². The Labute approximate surface area is 205 Å². The number of carbonyl (C=O) groups excluding carboxylic acids is 2. The van der Waals surface area contributed by atoms with E-state index < -0.39 is 11.8 Å². The second-order valence-electron chi connectivity index (χ2n) is 7.11. The number of nitrogens with one attached hydrogen (secondary N) is 2. The maximum Gasteiger partial charge on any atom is 0.259 e. The minimum Gasteiger partial charge on any atom is -0.488 e. The van der Waals surface area contributed by atoms with Crippen molar-refractivity contribution < 1.29 is 23.8 Å². The van der Waals surface area contributed by atoms with Gasteiger partial charge in [0, 0.05) is 26.7 Å². The molecule has 0 spiro atoms. The van der Waals surface area contributed by atoms with Gasteiger partial charge in [0.05, 0.1) is 12.8 Å². The van der Waals surface area contributed by atoms with Crippen LogP contribution in [0.4, 0.5) is 0 Å². The van der Waals surface area contributed by atoms with Gasteiger partial charge in [0.1, 0.15) is 12.4 Å². The largest absolute Gasteiger partial charge is 0.488 e. The highest BCUT2D eigenvalue weighted by Gasteiger charge is 2.16. The van der Waals surface area contributed by atoms with E-state index in [1.165, 1.54) is 6.21 Å². The maximum absolute atomic E-state index is 12.3. The molecule has 34 heavy (non-hydrogen) atoms. The van der Waals surface area contributed by atoms with Crippen LogP contribution in [-0.4, -0.2) is 31.4 Å². The van der Waals surface area contributed by atoms with Crippen LogP contribution in [0.2, 0.25) is 10.0 Å². The van der Waals surface area contributed by atoms with Crippen molar-refractivity contribution in [3.63, 3.8) is 0 Å². The molecule has 0 bridgehead atoms. The molecule has 3 aromatic rings. The number of amides is 2. The van der Waals surface area contributed by atoms with Crippen molar-refractivity contribution in [2.24, 2.45) is 5.10 Å². The van der Waals surface area contributed by atoms with E-state index in [0.717, 1.165) is 5.56 Å². The Hall–Kier alpha value is -3.75. The maximum atomic E-state index is 12.3. The standard InChI is InChI=1S/C24H19Cl2N3O5/c25-18-6-8-20(32-13-16-3-1-2-4-19(16)26)17(9-18)11-28-29-23(30)12-27-24(31)15-5-7-21-22(10-15)34-14-33-21/h1-11H,12-14H2,(H,27,31)(H,29,30)/b28-11-. The van der Waals surface area contributed by atoms with Crippen LogP contribution in [0.15, 0.2) is 65.8 Å². The summed E-state index contributed by atoms with van der Waals surface area (Å²) in [4.78, 5) is 24.4. The summed E-state index contributed by atoms with van der Waals surface area (Å²) in [6, 6.07) is 17.2. The highest BCUT2D eigenvalue weighted by molar-refractivity contribution is 6.31. The minimum atomic E-state index is -0.508. The molecule has 2 N–H and O–H groups in total. The first-order valence-electron chi connectivity index (χ1n) is 10.1. The fourth-order valence-corrected chi connectivity index (χ4v) is 3.41. The number of nitrogens with zero attached hydrogens (tertiary/aromatic N) is 1. The van der Waals surface area contributed by atoms with E-state index in [-0.39, 0.29) is 19.9 Å². The van der Waals surface area contributed by atoms with E-state index >= 15 is 0 Å². The first kappa shape index (κ1) is 23.4. The number of hydrogen-bond acceptors (Lipinski definition) is 6. The fraction of sp³-hybridized carbons (Fsp3) is 0.125. The molecule has 1 heterocycles. The molecule has 8 nitrogen and oxygen atoms in total. The van der Waals surface area contributed by atoms with Crippen LogP contribution >= 0.6 is 23.2 Å². The van der Waals surface area contributed by atoms with Gasteiger partial charge in [0.25, 0.3) is 11.8 Å². The van der Waals surface area contributed by atoms with E-state index in [1.54, 1.807) is 42.5 Å². The van der Waals surface area contributed by atoms with Crippen molar-refractivity contribution in [1.29, 1.82) is 0 Å². The van der Waals surface area contributed by atoms with Gasteiger partial charge < -0.3 is 19.5 Å². The first-order valence-corrected chi connectivity index (χ1v) is 10.9. The van der Waals surface area contributed by atoms with Gasteiger partial charge in [-0.3, -0.25) is 9.59 Å². The molecule has 0 saturated carbocycles. The molecule has 4 rings (SSSR count). The quantitative estimate of drug-likeness (QED) is 0.357. The van der Waals surface area contributed by atoms with E-state index in [4.69, 9.17) is 37.4 Å². The number of hydrazone groups is 1. The molecule has 3 aromatic carbocycles. The van der Waals surface area contributed by atoms with Gasteiger partial charge in [-0.1, -0.05) is 41.4 Å². The SMILES string of the molecule is O=C(CNC(=O)c1ccc2c(c1)OCO2)N/N=C\c1cc(Cl)ccc1OCc1ccccc1Cl. The van der Waals surface area contributed by atoms with Crippen LogP contribution < -0.4 is 25.0 Å². The van der Waals surface area contributed by atoms with Gasteiger partial charge in [-0.15, -0.1) is 0 Å². The molecular formula is C24H19Cl2N3O5. The Kier molecular flexibility index (Phi) is 7.51. The topological polar surface area (TPSA) is 98.3 Å². The van der Waals surface area contributed by atoms with Crippen molar-refractivity contribution >= 4 is 41.2 Å². The highest BCUT2D eigenvalue weighted by atomic mass is 35.5. The number of hydrogen-bond donors (Lipinski definition) is 2. The monoisotopic (exact) mass is 499 g/mol. The van der Waals surface area contributed by atoms with Gasteiger partial charge in [-0.25, -0.2) is 5.43 Å². The molecule has 0 unspecified atom stereocenters. The molecule has 0 saturated heterocycles. The van der Waals surface area contributed by atoms with Gasteiger partial charge in [-0.05, 0) is 42.5 Å². The van der Waals surface area contributed by atoms with Gasteiger partial charge in [0.15, 0.2) is 11.5 Å². The second kappa shape index (κ2) is 10.9. The van der Waals surface area contributed by atoms with Crippen LogP contribution in [0.1, 0.15) is 21.5 Å².